The molecule has 24 heavy (non-hydrogen) atoms. The molecular weight excluding hydrogens is 346 g/mol. The summed E-state index contributed by atoms with van der Waals surface area (Å²) >= 11 is 7.64. The van der Waals surface area contributed by atoms with Crippen LogP contribution in [-0.4, -0.2) is 37.3 Å². The van der Waals surface area contributed by atoms with Crippen LogP contribution in [0.1, 0.15) is 21.3 Å². The van der Waals surface area contributed by atoms with E-state index >= 15 is 0 Å². The largest absolute Gasteiger partial charge is 0.497 e. The number of carbonyl (C=O) groups is 1. The van der Waals surface area contributed by atoms with Crippen molar-refractivity contribution in [3.05, 3.63) is 58.6 Å². The van der Waals surface area contributed by atoms with Crippen LogP contribution in [0.15, 0.2) is 42.5 Å². The number of methoxy groups -OCH3 is 2. The molecule has 0 saturated carbocycles. The first-order valence-corrected chi connectivity index (χ1v) is 8.97. The van der Waals surface area contributed by atoms with E-state index in [1.807, 2.05) is 23.1 Å². The topological polar surface area (TPSA) is 38.8 Å². The molecule has 1 heterocycles. The normalized spacial score (nSPS) is 17.0. The first-order valence-electron chi connectivity index (χ1n) is 7.54. The fourth-order valence-corrected chi connectivity index (χ4v) is 4.12. The van der Waals surface area contributed by atoms with Gasteiger partial charge in [0.1, 0.15) is 16.9 Å². The third-order valence-corrected chi connectivity index (χ3v) is 5.44. The number of thioether (sulfide) groups is 1. The van der Waals surface area contributed by atoms with E-state index in [0.717, 1.165) is 22.8 Å². The van der Waals surface area contributed by atoms with E-state index in [2.05, 4.69) is 0 Å². The number of amides is 1. The fraction of sp³-hybridized carbons (Fsp3) is 0.278. The third kappa shape index (κ3) is 3.32. The van der Waals surface area contributed by atoms with Crippen LogP contribution in [0.2, 0.25) is 5.02 Å². The number of carbonyl (C=O) groups excluding carboxylic acids is 1. The standard InChI is InChI=1S/C18H18ClNO3S/c1-22-14-7-8-15(16(11-14)23-2)18-20(9-10-24-18)17(21)12-3-5-13(19)6-4-12/h3-8,11,18H,9-10H2,1-2H3/t18-/m1/s1. The van der Waals surface area contributed by atoms with E-state index in [9.17, 15) is 4.79 Å². The summed E-state index contributed by atoms with van der Waals surface area (Å²) < 4.78 is 10.8. The molecule has 0 radical (unpaired) electrons. The molecule has 6 heteroatoms. The maximum absolute atomic E-state index is 12.9. The van der Waals surface area contributed by atoms with E-state index in [0.29, 0.717) is 17.1 Å². The second-order valence-electron chi connectivity index (χ2n) is 5.34. The molecule has 1 fully saturated rings. The molecule has 0 spiro atoms. The first kappa shape index (κ1) is 17.0. The predicted octanol–water partition coefficient (Wildman–Crippen LogP) is 4.25. The second-order valence-corrected chi connectivity index (χ2v) is 6.96. The maximum atomic E-state index is 12.9. The Bertz CT molecular complexity index is 736. The average Bonchev–Trinajstić information content (AvgIpc) is 3.10. The molecule has 0 aliphatic carbocycles. The van der Waals surface area contributed by atoms with Crippen molar-refractivity contribution in [3.63, 3.8) is 0 Å². The fourth-order valence-electron chi connectivity index (χ4n) is 2.72. The molecule has 0 unspecified atom stereocenters. The number of hydrogen-bond acceptors (Lipinski definition) is 4. The molecule has 1 saturated heterocycles. The van der Waals surface area contributed by atoms with Gasteiger partial charge in [-0.05, 0) is 36.4 Å². The highest BCUT2D eigenvalue weighted by atomic mass is 35.5. The zero-order valence-corrected chi connectivity index (χ0v) is 15.1. The van der Waals surface area contributed by atoms with Gasteiger partial charge in [0.15, 0.2) is 0 Å². The lowest BCUT2D eigenvalue weighted by molar-refractivity contribution is 0.0759. The molecule has 126 valence electrons. The van der Waals surface area contributed by atoms with Crippen molar-refractivity contribution >= 4 is 29.3 Å². The number of benzene rings is 2. The predicted molar refractivity (Wildman–Crippen MR) is 97.2 cm³/mol. The number of nitrogens with zero attached hydrogens (tertiary/aromatic N) is 1. The van der Waals surface area contributed by atoms with E-state index < -0.39 is 0 Å². The van der Waals surface area contributed by atoms with E-state index in [1.165, 1.54) is 0 Å². The molecule has 0 aromatic heterocycles. The molecule has 2 aromatic carbocycles. The van der Waals surface area contributed by atoms with Gasteiger partial charge in [-0.3, -0.25) is 4.79 Å². The Morgan fingerprint density at radius 1 is 1.17 bits per heavy atom. The Balaban J connectivity index is 1.90. The lowest BCUT2D eigenvalue weighted by Gasteiger charge is -2.25. The maximum Gasteiger partial charge on any atom is 0.255 e. The summed E-state index contributed by atoms with van der Waals surface area (Å²) in [6.07, 6.45) is 0. The Morgan fingerprint density at radius 2 is 1.92 bits per heavy atom. The van der Waals surface area contributed by atoms with Gasteiger partial charge in [-0.2, -0.15) is 0 Å². The molecule has 3 rings (SSSR count). The number of rotatable bonds is 4. The molecule has 4 nitrogen and oxygen atoms in total. The van der Waals surface area contributed by atoms with Gasteiger partial charge < -0.3 is 14.4 Å². The molecule has 2 aromatic rings. The van der Waals surface area contributed by atoms with Crippen molar-refractivity contribution in [2.75, 3.05) is 26.5 Å². The van der Waals surface area contributed by atoms with Gasteiger partial charge in [-0.1, -0.05) is 11.6 Å². The summed E-state index contributed by atoms with van der Waals surface area (Å²) in [5, 5.41) is 0.546. The summed E-state index contributed by atoms with van der Waals surface area (Å²) in [5.74, 6) is 2.34. The zero-order valence-electron chi connectivity index (χ0n) is 13.5. The Labute approximate surface area is 150 Å². The highest BCUT2D eigenvalue weighted by Gasteiger charge is 2.33. The minimum Gasteiger partial charge on any atom is -0.497 e. The van der Waals surface area contributed by atoms with Gasteiger partial charge in [-0.25, -0.2) is 0 Å². The summed E-state index contributed by atoms with van der Waals surface area (Å²) in [4.78, 5) is 14.7. The van der Waals surface area contributed by atoms with E-state index in [1.54, 1.807) is 50.2 Å². The third-order valence-electron chi connectivity index (χ3n) is 3.95. The van der Waals surface area contributed by atoms with Crippen molar-refractivity contribution in [3.8, 4) is 11.5 Å². The van der Waals surface area contributed by atoms with Crippen molar-refractivity contribution in [1.82, 2.24) is 4.90 Å². The Kier molecular flexibility index (Phi) is 5.21. The molecule has 0 N–H and O–H groups in total. The van der Waals surface area contributed by atoms with Crippen molar-refractivity contribution in [2.24, 2.45) is 0 Å². The van der Waals surface area contributed by atoms with E-state index in [4.69, 9.17) is 21.1 Å². The van der Waals surface area contributed by atoms with Gasteiger partial charge in [0.25, 0.3) is 5.91 Å². The quantitative estimate of drug-likeness (QED) is 0.814. The number of halogens is 1. The summed E-state index contributed by atoms with van der Waals surface area (Å²) in [5.41, 5.74) is 1.61. The smallest absolute Gasteiger partial charge is 0.255 e. The minimum absolute atomic E-state index is 0.000428. The zero-order chi connectivity index (χ0) is 17.1. The number of hydrogen-bond donors (Lipinski definition) is 0. The summed E-state index contributed by atoms with van der Waals surface area (Å²) in [6.45, 7) is 0.700. The minimum atomic E-state index is -0.0750. The van der Waals surface area contributed by atoms with Crippen molar-refractivity contribution in [1.29, 1.82) is 0 Å². The molecular formula is C18H18ClNO3S. The van der Waals surface area contributed by atoms with E-state index in [-0.39, 0.29) is 11.3 Å². The lowest BCUT2D eigenvalue weighted by atomic mass is 10.1. The highest BCUT2D eigenvalue weighted by molar-refractivity contribution is 7.99. The summed E-state index contributed by atoms with van der Waals surface area (Å²) in [6, 6.07) is 12.7. The Morgan fingerprint density at radius 3 is 2.58 bits per heavy atom. The van der Waals surface area contributed by atoms with Gasteiger partial charge in [0.2, 0.25) is 0 Å². The molecule has 1 amide bonds. The highest BCUT2D eigenvalue weighted by Crippen LogP contribution is 2.43. The van der Waals surface area contributed by atoms with Gasteiger partial charge in [0.05, 0.1) is 14.2 Å². The van der Waals surface area contributed by atoms with Crippen LogP contribution < -0.4 is 9.47 Å². The monoisotopic (exact) mass is 363 g/mol. The first-order chi connectivity index (χ1) is 11.6. The molecule has 1 aliphatic rings. The van der Waals surface area contributed by atoms with Crippen LogP contribution in [0.4, 0.5) is 0 Å². The molecule has 1 atom stereocenters. The SMILES string of the molecule is COc1ccc([C@H]2SCCN2C(=O)c2ccc(Cl)cc2)c(OC)c1. The van der Waals surface area contributed by atoms with Crippen LogP contribution in [0.25, 0.3) is 0 Å². The molecule has 1 aliphatic heterocycles. The van der Waals surface area contributed by atoms with Gasteiger partial charge in [0, 0.05) is 34.5 Å². The van der Waals surface area contributed by atoms with Crippen LogP contribution in [0.5, 0.6) is 11.5 Å². The van der Waals surface area contributed by atoms with Crippen LogP contribution in [0.3, 0.4) is 0 Å². The number of ether oxygens (including phenoxy) is 2. The van der Waals surface area contributed by atoms with Crippen LogP contribution >= 0.6 is 23.4 Å². The Hall–Kier alpha value is -1.85. The van der Waals surface area contributed by atoms with Gasteiger partial charge in [-0.15, -0.1) is 11.8 Å². The molecule has 0 bridgehead atoms. The average molecular weight is 364 g/mol. The second kappa shape index (κ2) is 7.36. The summed E-state index contributed by atoms with van der Waals surface area (Å²) in [7, 11) is 3.25. The van der Waals surface area contributed by atoms with Gasteiger partial charge >= 0.3 is 0 Å². The van der Waals surface area contributed by atoms with Crippen molar-refractivity contribution < 1.29 is 14.3 Å². The van der Waals surface area contributed by atoms with Crippen molar-refractivity contribution in [2.45, 2.75) is 5.37 Å². The van der Waals surface area contributed by atoms with Crippen LogP contribution in [-0.2, 0) is 0 Å². The lowest BCUT2D eigenvalue weighted by Crippen LogP contribution is -2.30. The van der Waals surface area contributed by atoms with Crippen LogP contribution in [0, 0.1) is 0 Å².